The predicted octanol–water partition coefficient (Wildman–Crippen LogP) is 1.79. The first-order chi connectivity index (χ1) is 10.4. The molecule has 0 heterocycles. The zero-order chi connectivity index (χ0) is 16.2. The minimum Gasteiger partial charge on any atom is -0.506 e. The molecule has 0 saturated carbocycles. The largest absolute Gasteiger partial charge is 0.506 e. The van der Waals surface area contributed by atoms with Gasteiger partial charge in [-0.05, 0) is 17.7 Å². The van der Waals surface area contributed by atoms with E-state index in [1.807, 2.05) is 6.07 Å². The van der Waals surface area contributed by atoms with Gasteiger partial charge in [-0.25, -0.2) is 18.4 Å². The highest BCUT2D eigenvalue weighted by molar-refractivity contribution is 7.89. The molecule has 7 nitrogen and oxygen atoms in total. The van der Waals surface area contributed by atoms with Crippen LogP contribution >= 0.6 is 0 Å². The van der Waals surface area contributed by atoms with Crippen LogP contribution in [0.5, 0.6) is 5.75 Å². The highest BCUT2D eigenvalue weighted by Crippen LogP contribution is 2.30. The predicted molar refractivity (Wildman–Crippen MR) is 79.7 cm³/mol. The number of hydrogen-bond acceptors (Lipinski definition) is 5. The first-order valence-corrected chi connectivity index (χ1v) is 7.75. The Bertz CT molecular complexity index is 775. The van der Waals surface area contributed by atoms with Crippen LogP contribution in [0.1, 0.15) is 5.56 Å². The van der Waals surface area contributed by atoms with Crippen LogP contribution in [0.15, 0.2) is 53.4 Å². The summed E-state index contributed by atoms with van der Waals surface area (Å²) in [5.74, 6) is -0.428. The fourth-order valence-electron chi connectivity index (χ4n) is 1.74. The second kappa shape index (κ2) is 6.46. The molecule has 116 valence electrons. The number of anilines is 1. The van der Waals surface area contributed by atoms with Crippen LogP contribution in [0.4, 0.5) is 10.5 Å². The van der Waals surface area contributed by atoms with E-state index in [0.29, 0.717) is 0 Å². The highest BCUT2D eigenvalue weighted by Gasteiger charge is 2.19. The number of ether oxygens (including phenoxy) is 1. The van der Waals surface area contributed by atoms with E-state index in [1.54, 1.807) is 24.3 Å². The molecule has 0 atom stereocenters. The van der Waals surface area contributed by atoms with E-state index in [4.69, 9.17) is 9.88 Å². The number of sulfonamides is 1. The maximum Gasteiger partial charge on any atom is 0.412 e. The van der Waals surface area contributed by atoms with Crippen molar-refractivity contribution in [3.8, 4) is 5.75 Å². The topological polar surface area (TPSA) is 119 Å². The first kappa shape index (κ1) is 15.8. The van der Waals surface area contributed by atoms with E-state index in [2.05, 4.69) is 5.32 Å². The van der Waals surface area contributed by atoms with Crippen LogP contribution < -0.4 is 10.5 Å². The van der Waals surface area contributed by atoms with Gasteiger partial charge in [-0.15, -0.1) is 0 Å². The van der Waals surface area contributed by atoms with Crippen molar-refractivity contribution in [2.45, 2.75) is 11.5 Å². The molecule has 8 heteroatoms. The van der Waals surface area contributed by atoms with Crippen LogP contribution in [-0.4, -0.2) is 19.6 Å². The van der Waals surface area contributed by atoms with Gasteiger partial charge in [0.05, 0.1) is 0 Å². The van der Waals surface area contributed by atoms with Crippen LogP contribution in [0.3, 0.4) is 0 Å². The third kappa shape index (κ3) is 3.96. The van der Waals surface area contributed by atoms with E-state index < -0.39 is 26.8 Å². The van der Waals surface area contributed by atoms with Gasteiger partial charge in [0.25, 0.3) is 0 Å². The summed E-state index contributed by atoms with van der Waals surface area (Å²) >= 11 is 0. The molecule has 4 N–H and O–H groups in total. The van der Waals surface area contributed by atoms with E-state index >= 15 is 0 Å². The monoisotopic (exact) mass is 322 g/mol. The quantitative estimate of drug-likeness (QED) is 0.741. The molecule has 0 fully saturated rings. The Balaban J connectivity index is 2.12. The Morgan fingerprint density at radius 1 is 1.14 bits per heavy atom. The zero-order valence-electron chi connectivity index (χ0n) is 11.4. The smallest absolute Gasteiger partial charge is 0.412 e. The minimum atomic E-state index is -4.10. The molecular formula is C14H14N2O5S. The van der Waals surface area contributed by atoms with E-state index in [9.17, 15) is 18.3 Å². The Morgan fingerprint density at radius 2 is 1.82 bits per heavy atom. The fraction of sp³-hybridized carbons (Fsp3) is 0.0714. The second-order valence-corrected chi connectivity index (χ2v) is 5.91. The van der Waals surface area contributed by atoms with Crippen molar-refractivity contribution < 1.29 is 23.1 Å². The third-order valence-electron chi connectivity index (χ3n) is 2.75. The lowest BCUT2D eigenvalue weighted by Gasteiger charge is -2.11. The maximum atomic E-state index is 11.7. The number of primary sulfonamides is 1. The number of carbonyl (C=O) groups excluding carboxylic acids is 1. The standard InChI is InChI=1S/C14H14N2O5S/c15-22(19,20)12-8-4-7-11(17)13(12)16-14(18)21-9-10-5-2-1-3-6-10/h1-8,17H,9H2,(H,16,18)(H2,15,19,20). The summed E-state index contributed by atoms with van der Waals surface area (Å²) in [6.07, 6.45) is -0.907. The number of aromatic hydroxyl groups is 1. The van der Waals surface area contributed by atoms with Gasteiger partial charge in [0.1, 0.15) is 22.9 Å². The highest BCUT2D eigenvalue weighted by atomic mass is 32.2. The van der Waals surface area contributed by atoms with Gasteiger partial charge in [-0.1, -0.05) is 36.4 Å². The van der Waals surface area contributed by atoms with E-state index in [1.165, 1.54) is 18.2 Å². The first-order valence-electron chi connectivity index (χ1n) is 6.20. The molecule has 22 heavy (non-hydrogen) atoms. The van der Waals surface area contributed by atoms with Crippen LogP contribution in [0, 0.1) is 0 Å². The molecule has 0 bridgehead atoms. The lowest BCUT2D eigenvalue weighted by atomic mass is 10.2. The van der Waals surface area contributed by atoms with Crippen LogP contribution in [0.25, 0.3) is 0 Å². The molecule has 0 aromatic heterocycles. The molecule has 0 saturated heterocycles. The summed E-state index contributed by atoms with van der Waals surface area (Å²) in [5, 5.41) is 16.9. The summed E-state index contributed by atoms with van der Waals surface area (Å²) in [4.78, 5) is 11.3. The van der Waals surface area contributed by atoms with E-state index in [-0.39, 0.29) is 12.3 Å². The van der Waals surface area contributed by atoms with Gasteiger partial charge in [0, 0.05) is 0 Å². The molecule has 0 aliphatic heterocycles. The molecule has 0 aliphatic rings. The zero-order valence-corrected chi connectivity index (χ0v) is 12.2. The normalized spacial score (nSPS) is 11.0. The summed E-state index contributed by atoms with van der Waals surface area (Å²) in [6, 6.07) is 12.6. The van der Waals surface area contributed by atoms with Crippen molar-refractivity contribution >= 4 is 21.8 Å². The Labute approximate surface area is 127 Å². The van der Waals surface area contributed by atoms with Crippen molar-refractivity contribution in [1.29, 1.82) is 0 Å². The number of carbonyl (C=O) groups is 1. The van der Waals surface area contributed by atoms with Gasteiger partial charge in [-0.3, -0.25) is 5.32 Å². The molecule has 0 spiro atoms. The number of hydrogen-bond donors (Lipinski definition) is 3. The summed E-state index contributed by atoms with van der Waals surface area (Å²) < 4.78 is 27.8. The number of nitrogens with one attached hydrogen (secondary N) is 1. The number of para-hydroxylation sites is 1. The number of amides is 1. The number of phenolic OH excluding ortho intramolecular Hbond substituents is 1. The van der Waals surface area contributed by atoms with Crippen molar-refractivity contribution in [1.82, 2.24) is 0 Å². The molecule has 2 aromatic rings. The van der Waals surface area contributed by atoms with Gasteiger partial charge < -0.3 is 9.84 Å². The number of phenols is 1. The summed E-state index contributed by atoms with van der Waals surface area (Å²) in [7, 11) is -4.10. The lowest BCUT2D eigenvalue weighted by molar-refractivity contribution is 0.155. The maximum absolute atomic E-state index is 11.7. The number of benzene rings is 2. The second-order valence-electron chi connectivity index (χ2n) is 4.38. The number of rotatable bonds is 4. The van der Waals surface area contributed by atoms with Gasteiger partial charge in [-0.2, -0.15) is 0 Å². The van der Waals surface area contributed by atoms with Crippen LogP contribution in [0.2, 0.25) is 0 Å². The Kier molecular flexibility index (Phi) is 4.64. The van der Waals surface area contributed by atoms with Gasteiger partial charge in [0.15, 0.2) is 0 Å². The molecule has 0 aliphatic carbocycles. The van der Waals surface area contributed by atoms with Gasteiger partial charge >= 0.3 is 6.09 Å². The van der Waals surface area contributed by atoms with Crippen LogP contribution in [-0.2, 0) is 21.4 Å². The average Bonchev–Trinajstić information content (AvgIpc) is 2.47. The molecule has 0 unspecified atom stereocenters. The van der Waals surface area contributed by atoms with E-state index in [0.717, 1.165) is 5.56 Å². The Morgan fingerprint density at radius 3 is 2.45 bits per heavy atom. The summed E-state index contributed by atoms with van der Waals surface area (Å²) in [5.41, 5.74) is 0.449. The Hall–Kier alpha value is -2.58. The van der Waals surface area contributed by atoms with Crippen molar-refractivity contribution in [2.75, 3.05) is 5.32 Å². The van der Waals surface area contributed by atoms with Crippen molar-refractivity contribution in [3.05, 3.63) is 54.1 Å². The lowest BCUT2D eigenvalue weighted by Crippen LogP contribution is -2.19. The number of nitrogens with two attached hydrogens (primary N) is 1. The molecule has 2 aromatic carbocycles. The molecule has 0 radical (unpaired) electrons. The minimum absolute atomic E-state index is 0.00494. The molecule has 1 amide bonds. The van der Waals surface area contributed by atoms with Crippen molar-refractivity contribution in [2.24, 2.45) is 5.14 Å². The third-order valence-corrected chi connectivity index (χ3v) is 3.70. The molecular weight excluding hydrogens is 308 g/mol. The van der Waals surface area contributed by atoms with Crippen molar-refractivity contribution in [3.63, 3.8) is 0 Å². The van der Waals surface area contributed by atoms with Gasteiger partial charge in [0.2, 0.25) is 10.0 Å². The fourth-order valence-corrected chi connectivity index (χ4v) is 2.45. The molecule has 2 rings (SSSR count). The average molecular weight is 322 g/mol. The SMILES string of the molecule is NS(=O)(=O)c1cccc(O)c1NC(=O)OCc1ccccc1. The summed E-state index contributed by atoms with van der Waals surface area (Å²) in [6.45, 7) is 0.00494.